The van der Waals surface area contributed by atoms with Gasteiger partial charge in [0.15, 0.2) is 0 Å². The zero-order valence-electron chi connectivity index (χ0n) is 34.9. The Bertz CT molecular complexity index is 1250. The molecule has 6 atom stereocenters. The van der Waals surface area contributed by atoms with E-state index in [-0.39, 0.29) is 42.2 Å². The van der Waals surface area contributed by atoms with Crippen molar-refractivity contribution < 1.29 is 29.0 Å². The highest BCUT2D eigenvalue weighted by Crippen LogP contribution is 2.28. The van der Waals surface area contributed by atoms with E-state index in [0.717, 1.165) is 18.7 Å². The van der Waals surface area contributed by atoms with E-state index in [1.807, 2.05) is 41.5 Å². The number of anilines is 1. The van der Waals surface area contributed by atoms with Gasteiger partial charge in [0.2, 0.25) is 18.2 Å². The average Bonchev–Trinajstić information content (AvgIpc) is 3.03. The van der Waals surface area contributed by atoms with Crippen LogP contribution in [0.25, 0.3) is 0 Å². The Kier molecular flexibility index (Phi) is 27.4. The molecule has 12 heteroatoms. The summed E-state index contributed by atoms with van der Waals surface area (Å²) in [4.78, 5) is 47.6. The lowest BCUT2D eigenvalue weighted by molar-refractivity contribution is -0.127. The topological polar surface area (TPSA) is 158 Å². The molecule has 6 N–H and O–H groups in total. The molecule has 0 aliphatic carbocycles. The van der Waals surface area contributed by atoms with Crippen LogP contribution in [0.1, 0.15) is 126 Å². The van der Waals surface area contributed by atoms with Crippen molar-refractivity contribution in [2.24, 2.45) is 17.8 Å². The van der Waals surface area contributed by atoms with E-state index >= 15 is 0 Å². The smallest absolute Gasteiger partial charge is 0.407 e. The number of aliphatic hydroxyl groups excluding tert-OH is 1. The predicted molar refractivity (Wildman–Crippen MR) is 222 cm³/mol. The van der Waals surface area contributed by atoms with Crippen molar-refractivity contribution in [2.75, 3.05) is 24.2 Å². The molecule has 0 aliphatic rings. The van der Waals surface area contributed by atoms with Crippen molar-refractivity contribution in [1.82, 2.24) is 21.3 Å². The van der Waals surface area contributed by atoms with E-state index in [1.165, 1.54) is 11.1 Å². The summed E-state index contributed by atoms with van der Waals surface area (Å²) in [5, 5.41) is 25.5. The fraction of sp³-hybridized carbons (Fsp3) is 0.707. The summed E-state index contributed by atoms with van der Waals surface area (Å²) in [6, 6.07) is 5.32. The number of amides is 4. The zero-order chi connectivity index (χ0) is 41.3. The van der Waals surface area contributed by atoms with Crippen LogP contribution in [0.5, 0.6) is 0 Å². The van der Waals surface area contributed by atoms with Crippen LogP contribution in [0.15, 0.2) is 18.2 Å². The van der Waals surface area contributed by atoms with Gasteiger partial charge in [-0.05, 0) is 115 Å². The number of alkyl carbamates (subject to hydrolysis) is 1. The van der Waals surface area contributed by atoms with Gasteiger partial charge in [0.1, 0.15) is 11.6 Å². The molecule has 0 saturated carbocycles. The second kappa shape index (κ2) is 28.1. The monoisotopic (exact) mass is 764 g/mol. The molecule has 0 aliphatic heterocycles. The number of aryl methyl sites for hydroxylation is 1. The number of carbonyl (C=O) groups excluding carboxylic acids is 4. The summed E-state index contributed by atoms with van der Waals surface area (Å²) in [5.41, 5.74) is 3.16. The highest BCUT2D eigenvalue weighted by atomic mass is 32.1. The van der Waals surface area contributed by atoms with Crippen LogP contribution in [0.3, 0.4) is 0 Å². The fourth-order valence-corrected chi connectivity index (χ4v) is 5.34. The number of hydrogen-bond acceptors (Lipinski definition) is 8. The van der Waals surface area contributed by atoms with Crippen molar-refractivity contribution in [3.05, 3.63) is 29.3 Å². The average molecular weight is 764 g/mol. The molecule has 0 bridgehead atoms. The largest absolute Gasteiger partial charge is 0.444 e. The first-order valence-electron chi connectivity index (χ1n) is 19.0. The van der Waals surface area contributed by atoms with Crippen molar-refractivity contribution in [3.8, 4) is 12.3 Å². The standard InChI is InChI=1S/C28H48N4O4S.C10H21NO2.C3H4/c1-7-29-24-15-19(4)8-9-22(24)20(5)10-12-30-27(35)21(6)16-26(34)25(14-18(2)3)32-28(36)23(11-13-37)31-17-33;1-7(2)8(3)11-9(12)13-10(4,5)6;1-3-2/h8-9,15,17-18,20-21,23,25-26,29,34,37H,7,10-14,16H2,1-6H3,(H,30,35)(H,31,33)(H,32,36);7-8H,1-6H3,(H,11,12);1H,2H3/t20?,21-,23+,25+,26+;8-;/m11./s1. The molecule has 0 spiro atoms. The Labute approximate surface area is 327 Å². The molecule has 0 saturated heterocycles. The first-order valence-corrected chi connectivity index (χ1v) is 19.6. The maximum atomic E-state index is 12.8. The minimum absolute atomic E-state index is 0.118. The molecule has 0 heterocycles. The van der Waals surface area contributed by atoms with Crippen LogP contribution < -0.4 is 26.6 Å². The van der Waals surface area contributed by atoms with Crippen LogP contribution in [0.4, 0.5) is 10.5 Å². The van der Waals surface area contributed by atoms with Gasteiger partial charge < -0.3 is 36.4 Å². The van der Waals surface area contributed by atoms with E-state index < -0.39 is 29.7 Å². The summed E-state index contributed by atoms with van der Waals surface area (Å²) in [6.07, 6.45) is 5.81. The molecule has 0 radical (unpaired) electrons. The molecule has 1 rings (SSSR count). The van der Waals surface area contributed by atoms with Crippen molar-refractivity contribution in [3.63, 3.8) is 0 Å². The molecular formula is C41H73N5O6S. The third kappa shape index (κ3) is 24.5. The minimum atomic E-state index is -0.894. The SMILES string of the molecule is C#CC.CC(C)[C@@H](C)NC(=O)OC(C)(C)C.CCNc1cc(C)ccc1C(C)CCNC(=O)[C@H](C)C[C@H](O)[C@H](CC(C)C)NC(=O)[C@H](CCS)NC=O. The van der Waals surface area contributed by atoms with Crippen LogP contribution >= 0.6 is 12.6 Å². The molecule has 1 aromatic carbocycles. The second-order valence-corrected chi connectivity index (χ2v) is 15.8. The van der Waals surface area contributed by atoms with Crippen LogP contribution in [-0.4, -0.2) is 78.1 Å². The van der Waals surface area contributed by atoms with Gasteiger partial charge in [-0.15, -0.1) is 12.3 Å². The fourth-order valence-electron chi connectivity index (χ4n) is 5.08. The molecule has 1 aromatic rings. The molecule has 304 valence electrons. The molecule has 11 nitrogen and oxygen atoms in total. The van der Waals surface area contributed by atoms with Gasteiger partial charge in [0.25, 0.3) is 0 Å². The first-order chi connectivity index (χ1) is 24.7. The van der Waals surface area contributed by atoms with Crippen LogP contribution in [0.2, 0.25) is 0 Å². The number of hydrogen-bond donors (Lipinski definition) is 7. The summed E-state index contributed by atoms with van der Waals surface area (Å²) in [7, 11) is 0. The molecule has 53 heavy (non-hydrogen) atoms. The lowest BCUT2D eigenvalue weighted by atomic mass is 9.92. The third-order valence-electron chi connectivity index (χ3n) is 8.29. The van der Waals surface area contributed by atoms with Gasteiger partial charge in [0, 0.05) is 30.7 Å². The number of aliphatic hydroxyl groups is 1. The Morgan fingerprint density at radius 1 is 1.00 bits per heavy atom. The Morgan fingerprint density at radius 3 is 2.09 bits per heavy atom. The summed E-state index contributed by atoms with van der Waals surface area (Å²) in [5.74, 6) is 2.71. The lowest BCUT2D eigenvalue weighted by Crippen LogP contribution is -2.52. The molecule has 0 aromatic heterocycles. The van der Waals surface area contributed by atoms with Gasteiger partial charge in [-0.25, -0.2) is 4.79 Å². The molecule has 1 unspecified atom stereocenters. The molecular weight excluding hydrogens is 691 g/mol. The van der Waals surface area contributed by atoms with E-state index in [4.69, 9.17) is 4.74 Å². The van der Waals surface area contributed by atoms with E-state index in [2.05, 4.69) is 104 Å². The van der Waals surface area contributed by atoms with Crippen LogP contribution in [-0.2, 0) is 19.1 Å². The Balaban J connectivity index is 0. The van der Waals surface area contributed by atoms with Gasteiger partial charge in [-0.3, -0.25) is 14.4 Å². The highest BCUT2D eigenvalue weighted by Gasteiger charge is 2.29. The number of benzene rings is 1. The number of nitrogens with one attached hydrogen (secondary N) is 5. The van der Waals surface area contributed by atoms with Gasteiger partial charge in [-0.2, -0.15) is 12.6 Å². The number of rotatable bonds is 20. The zero-order valence-corrected chi connectivity index (χ0v) is 35.8. The highest BCUT2D eigenvalue weighted by molar-refractivity contribution is 7.80. The normalized spacial score (nSPS) is 14.3. The van der Waals surface area contributed by atoms with Crippen molar-refractivity contribution >= 4 is 42.6 Å². The quantitative estimate of drug-likeness (QED) is 0.0449. The summed E-state index contributed by atoms with van der Waals surface area (Å²) >= 11 is 4.15. The maximum absolute atomic E-state index is 12.8. The maximum Gasteiger partial charge on any atom is 0.407 e. The van der Waals surface area contributed by atoms with Gasteiger partial charge in [0.05, 0.1) is 12.1 Å². The number of carbonyl (C=O) groups is 4. The van der Waals surface area contributed by atoms with Gasteiger partial charge in [-0.1, -0.05) is 53.7 Å². The summed E-state index contributed by atoms with van der Waals surface area (Å²) in [6.45, 7) is 26.8. The molecule has 0 fully saturated rings. The Morgan fingerprint density at radius 2 is 1.60 bits per heavy atom. The van der Waals surface area contributed by atoms with E-state index in [1.54, 1.807) is 13.8 Å². The molecule has 4 amide bonds. The van der Waals surface area contributed by atoms with Crippen molar-refractivity contribution in [1.29, 1.82) is 0 Å². The van der Waals surface area contributed by atoms with Crippen molar-refractivity contribution in [2.45, 2.75) is 151 Å². The van der Waals surface area contributed by atoms with Crippen LogP contribution in [0, 0.1) is 37.0 Å². The Hall–Kier alpha value is -3.43. The van der Waals surface area contributed by atoms with E-state index in [0.29, 0.717) is 37.5 Å². The third-order valence-corrected chi connectivity index (χ3v) is 8.55. The minimum Gasteiger partial charge on any atom is -0.444 e. The number of ether oxygens (including phenoxy) is 1. The summed E-state index contributed by atoms with van der Waals surface area (Å²) < 4.78 is 5.11. The number of terminal acetylenes is 1. The lowest BCUT2D eigenvalue weighted by Gasteiger charge is -2.29. The van der Waals surface area contributed by atoms with E-state index in [9.17, 15) is 24.3 Å². The first kappa shape index (κ1) is 51.7. The van der Waals surface area contributed by atoms with Gasteiger partial charge >= 0.3 is 6.09 Å². The second-order valence-electron chi connectivity index (χ2n) is 15.4. The predicted octanol–water partition coefficient (Wildman–Crippen LogP) is 6.58. The number of thiol groups is 1.